The van der Waals surface area contributed by atoms with Gasteiger partial charge < -0.3 is 20.2 Å². The molecule has 2 aromatic heterocycles. The fourth-order valence-corrected chi connectivity index (χ4v) is 4.01. The molecule has 2 aromatic carbocycles. The molecule has 0 radical (unpaired) electrons. The number of benzene rings is 2. The van der Waals surface area contributed by atoms with Gasteiger partial charge in [0.2, 0.25) is 0 Å². The second-order valence-electron chi connectivity index (χ2n) is 8.90. The number of aromatic nitrogens is 5. The fourth-order valence-electron chi connectivity index (χ4n) is 4.01. The van der Waals surface area contributed by atoms with E-state index in [0.717, 1.165) is 28.3 Å². The lowest BCUT2D eigenvalue weighted by Gasteiger charge is -2.14. The molecule has 0 bridgehead atoms. The SMILES string of the molecule is Cc1cc(N)c(C(=O)Nc2cccc(-c3nncn3C(C)C)c2)cc1-n1cnc(C2CC2)c1. The number of nitrogen functional groups attached to an aromatic ring is 1. The molecular formula is C25H27N7O. The van der Waals surface area contributed by atoms with E-state index in [9.17, 15) is 4.79 Å². The number of hydrogen-bond donors (Lipinski definition) is 2. The molecule has 3 N–H and O–H groups in total. The van der Waals surface area contributed by atoms with E-state index in [2.05, 4.69) is 34.3 Å². The first kappa shape index (κ1) is 20.9. The molecule has 1 fully saturated rings. The maximum atomic E-state index is 13.2. The lowest BCUT2D eigenvalue weighted by Crippen LogP contribution is -2.15. The molecule has 4 aromatic rings. The molecule has 1 aliphatic carbocycles. The smallest absolute Gasteiger partial charge is 0.257 e. The van der Waals surface area contributed by atoms with Crippen LogP contribution in [0.5, 0.6) is 0 Å². The normalized spacial score (nSPS) is 13.5. The fraction of sp³-hybridized carbons (Fsp3) is 0.280. The van der Waals surface area contributed by atoms with Crippen molar-refractivity contribution in [3.8, 4) is 17.1 Å². The van der Waals surface area contributed by atoms with E-state index in [0.29, 0.717) is 22.9 Å². The third-order valence-electron chi connectivity index (χ3n) is 6.00. The molecule has 1 saturated carbocycles. The average molecular weight is 442 g/mol. The van der Waals surface area contributed by atoms with Gasteiger partial charge in [-0.3, -0.25) is 4.79 Å². The Morgan fingerprint density at radius 2 is 2.00 bits per heavy atom. The van der Waals surface area contributed by atoms with Gasteiger partial charge in [0, 0.05) is 35.1 Å². The first-order valence-corrected chi connectivity index (χ1v) is 11.2. The number of anilines is 2. The van der Waals surface area contributed by atoms with Crippen LogP contribution in [0.1, 0.15) is 60.3 Å². The average Bonchev–Trinajstić information content (AvgIpc) is 3.31. The first-order valence-electron chi connectivity index (χ1n) is 11.2. The van der Waals surface area contributed by atoms with Crippen molar-refractivity contribution in [2.75, 3.05) is 11.1 Å². The Kier molecular flexibility index (Phi) is 5.20. The maximum Gasteiger partial charge on any atom is 0.257 e. The molecule has 168 valence electrons. The number of nitrogens with one attached hydrogen (secondary N) is 1. The number of imidazole rings is 1. The Balaban J connectivity index is 1.42. The van der Waals surface area contributed by atoms with Crippen LogP contribution in [0.25, 0.3) is 17.1 Å². The number of rotatable bonds is 6. The summed E-state index contributed by atoms with van der Waals surface area (Å²) in [5.41, 5.74) is 11.6. The molecule has 8 nitrogen and oxygen atoms in total. The van der Waals surface area contributed by atoms with Gasteiger partial charge in [0.15, 0.2) is 5.82 Å². The Hall–Kier alpha value is -3.94. The number of amides is 1. The molecule has 0 atom stereocenters. The molecule has 2 heterocycles. The summed E-state index contributed by atoms with van der Waals surface area (Å²) in [6, 6.07) is 11.5. The van der Waals surface area contributed by atoms with Gasteiger partial charge in [-0.05, 0) is 63.4 Å². The van der Waals surface area contributed by atoms with Gasteiger partial charge in [-0.15, -0.1) is 10.2 Å². The largest absolute Gasteiger partial charge is 0.398 e. The number of nitrogens with zero attached hydrogens (tertiary/aromatic N) is 5. The van der Waals surface area contributed by atoms with Crippen molar-refractivity contribution in [1.29, 1.82) is 0 Å². The van der Waals surface area contributed by atoms with Gasteiger partial charge in [0.25, 0.3) is 5.91 Å². The summed E-state index contributed by atoms with van der Waals surface area (Å²) in [5, 5.41) is 11.3. The van der Waals surface area contributed by atoms with E-state index in [1.165, 1.54) is 12.8 Å². The second kappa shape index (κ2) is 8.20. The van der Waals surface area contributed by atoms with E-state index in [1.54, 1.807) is 6.33 Å². The number of carbonyl (C=O) groups is 1. The predicted octanol–water partition coefficient (Wildman–Crippen LogP) is 4.73. The Morgan fingerprint density at radius 1 is 1.18 bits per heavy atom. The standard InChI is InChI=1S/C25H27N7O/c1-15(2)32-14-28-30-24(32)18-5-4-6-19(10-18)29-25(33)20-11-23(16(3)9-21(20)26)31-12-22(27-13-31)17-7-8-17/h4-6,9-15,17H,7-8,26H2,1-3H3,(H,29,33). The van der Waals surface area contributed by atoms with Gasteiger partial charge in [0.05, 0.1) is 23.3 Å². The quantitative estimate of drug-likeness (QED) is 0.421. The summed E-state index contributed by atoms with van der Waals surface area (Å²) in [6.45, 7) is 6.13. The van der Waals surface area contributed by atoms with Crippen molar-refractivity contribution in [2.45, 2.75) is 45.6 Å². The predicted molar refractivity (Wildman–Crippen MR) is 128 cm³/mol. The molecule has 0 aliphatic heterocycles. The summed E-state index contributed by atoms with van der Waals surface area (Å²) in [4.78, 5) is 17.7. The Bertz CT molecular complexity index is 1330. The minimum Gasteiger partial charge on any atom is -0.398 e. The molecule has 1 amide bonds. The van der Waals surface area contributed by atoms with Crippen LogP contribution in [0, 0.1) is 6.92 Å². The van der Waals surface area contributed by atoms with E-state index >= 15 is 0 Å². The molecule has 1 aliphatic rings. The van der Waals surface area contributed by atoms with Crippen LogP contribution in [-0.2, 0) is 0 Å². The first-order chi connectivity index (χ1) is 15.9. The lowest BCUT2D eigenvalue weighted by atomic mass is 10.1. The van der Waals surface area contributed by atoms with Crippen LogP contribution >= 0.6 is 0 Å². The van der Waals surface area contributed by atoms with Crippen molar-refractivity contribution in [2.24, 2.45) is 0 Å². The highest BCUT2D eigenvalue weighted by atomic mass is 16.1. The molecule has 33 heavy (non-hydrogen) atoms. The van der Waals surface area contributed by atoms with E-state index in [-0.39, 0.29) is 11.9 Å². The van der Waals surface area contributed by atoms with Gasteiger partial charge >= 0.3 is 0 Å². The number of aryl methyl sites for hydroxylation is 1. The van der Waals surface area contributed by atoms with Crippen LogP contribution in [0.3, 0.4) is 0 Å². The van der Waals surface area contributed by atoms with Gasteiger partial charge in [0.1, 0.15) is 6.33 Å². The Labute approximate surface area is 192 Å². The van der Waals surface area contributed by atoms with Gasteiger partial charge in [-0.25, -0.2) is 4.98 Å². The van der Waals surface area contributed by atoms with Crippen molar-refractivity contribution in [3.63, 3.8) is 0 Å². The zero-order valence-corrected chi connectivity index (χ0v) is 19.0. The molecule has 0 spiro atoms. The number of hydrogen-bond acceptors (Lipinski definition) is 5. The minimum atomic E-state index is -0.265. The van der Waals surface area contributed by atoms with Crippen molar-refractivity contribution < 1.29 is 4.79 Å². The lowest BCUT2D eigenvalue weighted by molar-refractivity contribution is 0.102. The zero-order chi connectivity index (χ0) is 23.1. The topological polar surface area (TPSA) is 104 Å². The van der Waals surface area contributed by atoms with E-state index in [1.807, 2.05) is 65.0 Å². The third-order valence-corrected chi connectivity index (χ3v) is 6.00. The van der Waals surface area contributed by atoms with E-state index < -0.39 is 0 Å². The summed E-state index contributed by atoms with van der Waals surface area (Å²) in [5.74, 6) is 1.06. The molecule has 0 saturated heterocycles. The molecule has 8 heteroatoms. The summed E-state index contributed by atoms with van der Waals surface area (Å²) >= 11 is 0. The van der Waals surface area contributed by atoms with Crippen LogP contribution in [0.2, 0.25) is 0 Å². The number of carbonyl (C=O) groups excluding carboxylic acids is 1. The second-order valence-corrected chi connectivity index (χ2v) is 8.90. The van der Waals surface area contributed by atoms with Crippen molar-refractivity contribution in [3.05, 3.63) is 72.1 Å². The van der Waals surface area contributed by atoms with Gasteiger partial charge in [-0.2, -0.15) is 0 Å². The minimum absolute atomic E-state index is 0.225. The highest BCUT2D eigenvalue weighted by molar-refractivity contribution is 6.08. The van der Waals surface area contributed by atoms with Gasteiger partial charge in [-0.1, -0.05) is 12.1 Å². The molecular weight excluding hydrogens is 414 g/mol. The van der Waals surface area contributed by atoms with Crippen LogP contribution in [0.15, 0.2) is 55.2 Å². The highest BCUT2D eigenvalue weighted by Crippen LogP contribution is 2.39. The summed E-state index contributed by atoms with van der Waals surface area (Å²) in [7, 11) is 0. The molecule has 5 rings (SSSR count). The molecule has 0 unspecified atom stereocenters. The summed E-state index contributed by atoms with van der Waals surface area (Å²) in [6.07, 6.45) is 7.95. The highest BCUT2D eigenvalue weighted by Gasteiger charge is 2.26. The van der Waals surface area contributed by atoms with E-state index in [4.69, 9.17) is 5.73 Å². The third kappa shape index (κ3) is 4.11. The zero-order valence-electron chi connectivity index (χ0n) is 19.0. The van der Waals surface area contributed by atoms with Crippen LogP contribution in [0.4, 0.5) is 11.4 Å². The number of nitrogens with two attached hydrogens (primary N) is 1. The van der Waals surface area contributed by atoms with Crippen molar-refractivity contribution in [1.82, 2.24) is 24.3 Å². The maximum absolute atomic E-state index is 13.2. The monoisotopic (exact) mass is 441 g/mol. The van der Waals surface area contributed by atoms with Crippen LogP contribution in [-0.4, -0.2) is 30.2 Å². The van der Waals surface area contributed by atoms with Crippen molar-refractivity contribution >= 4 is 17.3 Å². The van der Waals surface area contributed by atoms with Crippen LogP contribution < -0.4 is 11.1 Å². The summed E-state index contributed by atoms with van der Waals surface area (Å²) < 4.78 is 3.96. The Morgan fingerprint density at radius 3 is 2.76 bits per heavy atom.